The van der Waals surface area contributed by atoms with Crippen LogP contribution in [0, 0.1) is 0 Å². The molecule has 0 aliphatic rings. The summed E-state index contributed by atoms with van der Waals surface area (Å²) in [5.41, 5.74) is 5.91. The molecule has 0 aliphatic heterocycles. The van der Waals surface area contributed by atoms with Crippen LogP contribution in [0.15, 0.2) is 30.4 Å². The van der Waals surface area contributed by atoms with E-state index >= 15 is 0 Å². The van der Waals surface area contributed by atoms with Crippen molar-refractivity contribution in [3.05, 3.63) is 41.5 Å². The number of carbonyl (C=O) groups excluding carboxylic acids is 1. The molecule has 0 spiro atoms. The van der Waals surface area contributed by atoms with Gasteiger partial charge in [0.1, 0.15) is 0 Å². The van der Waals surface area contributed by atoms with E-state index in [4.69, 9.17) is 0 Å². The van der Waals surface area contributed by atoms with Gasteiger partial charge in [-0.25, -0.2) is 0 Å². The zero-order chi connectivity index (χ0) is 14.6. The number of hydrogen-bond acceptors (Lipinski definition) is 2. The van der Waals surface area contributed by atoms with E-state index in [1.807, 2.05) is 52.9 Å². The van der Waals surface area contributed by atoms with Crippen molar-refractivity contribution in [2.45, 2.75) is 34.1 Å². The summed E-state index contributed by atoms with van der Waals surface area (Å²) in [6.45, 7) is 11.8. The number of carbonyl (C=O) groups is 1. The van der Waals surface area contributed by atoms with Crippen LogP contribution in [0.25, 0.3) is 11.1 Å². The van der Waals surface area contributed by atoms with Crippen LogP contribution in [0.2, 0.25) is 0 Å². The number of Topliss-reactive ketones (excluding diaryl/α,β-unsaturated/α-hetero) is 1. The van der Waals surface area contributed by atoms with E-state index < -0.39 is 0 Å². The summed E-state index contributed by atoms with van der Waals surface area (Å²) >= 11 is 0. The largest absolute Gasteiger partial charge is 0.388 e. The monoisotopic (exact) mass is 257 g/mol. The number of nitrogens with one attached hydrogen (secondary N) is 1. The van der Waals surface area contributed by atoms with E-state index in [1.165, 1.54) is 0 Å². The lowest BCUT2D eigenvalue weighted by Crippen LogP contribution is -2.05. The second-order valence-electron chi connectivity index (χ2n) is 4.94. The summed E-state index contributed by atoms with van der Waals surface area (Å²) in [5, 5.41) is 3.18. The lowest BCUT2D eigenvalue weighted by atomic mass is 9.93. The number of allylic oxidation sites excluding steroid dienone is 3. The van der Waals surface area contributed by atoms with Crippen LogP contribution in [0.4, 0.5) is 5.69 Å². The highest BCUT2D eigenvalue weighted by Gasteiger charge is 2.15. The van der Waals surface area contributed by atoms with Crippen LogP contribution < -0.4 is 5.32 Å². The lowest BCUT2D eigenvalue weighted by molar-refractivity contribution is -0.113. The SMILES string of the molecule is C=C(C)c1ccc(C(C(=O)CC)=C(C)C)c(NC)c1. The van der Waals surface area contributed by atoms with Gasteiger partial charge < -0.3 is 5.32 Å². The second-order valence-corrected chi connectivity index (χ2v) is 4.94. The first kappa shape index (κ1) is 15.2. The third kappa shape index (κ3) is 3.34. The van der Waals surface area contributed by atoms with Gasteiger partial charge in [0, 0.05) is 30.3 Å². The van der Waals surface area contributed by atoms with E-state index in [2.05, 4.69) is 11.9 Å². The molecule has 0 heterocycles. The van der Waals surface area contributed by atoms with Gasteiger partial charge in [-0.15, -0.1) is 0 Å². The Kier molecular flexibility index (Phi) is 5.11. The first-order chi connectivity index (χ1) is 8.92. The number of anilines is 1. The van der Waals surface area contributed by atoms with Gasteiger partial charge in [-0.2, -0.15) is 0 Å². The van der Waals surface area contributed by atoms with Gasteiger partial charge in [-0.3, -0.25) is 4.79 Å². The average molecular weight is 257 g/mol. The van der Waals surface area contributed by atoms with Crippen molar-refractivity contribution >= 4 is 22.6 Å². The minimum Gasteiger partial charge on any atom is -0.388 e. The normalized spacial score (nSPS) is 9.95. The third-order valence-corrected chi connectivity index (χ3v) is 3.15. The van der Waals surface area contributed by atoms with Crippen molar-refractivity contribution in [1.29, 1.82) is 0 Å². The molecule has 0 radical (unpaired) electrons. The molecular weight excluding hydrogens is 234 g/mol. The summed E-state index contributed by atoms with van der Waals surface area (Å²) in [7, 11) is 1.88. The molecule has 0 aliphatic carbocycles. The number of rotatable bonds is 5. The number of hydrogen-bond donors (Lipinski definition) is 1. The van der Waals surface area contributed by atoms with Crippen LogP contribution in [-0.2, 0) is 4.79 Å². The van der Waals surface area contributed by atoms with Crippen LogP contribution in [0.3, 0.4) is 0 Å². The van der Waals surface area contributed by atoms with E-state index in [-0.39, 0.29) is 5.78 Å². The Labute approximate surface area is 116 Å². The molecule has 0 saturated heterocycles. The van der Waals surface area contributed by atoms with Crippen molar-refractivity contribution in [1.82, 2.24) is 0 Å². The molecule has 1 N–H and O–H groups in total. The van der Waals surface area contributed by atoms with Gasteiger partial charge in [-0.1, -0.05) is 36.8 Å². The standard InChI is InChI=1S/C17H23NO/c1-7-16(19)17(12(4)5)14-9-8-13(11(2)3)10-15(14)18-6/h8-10,18H,2,7H2,1,3-6H3. The van der Waals surface area contributed by atoms with Gasteiger partial charge in [0.15, 0.2) is 5.78 Å². The highest BCUT2D eigenvalue weighted by Crippen LogP contribution is 2.30. The molecule has 0 unspecified atom stereocenters. The van der Waals surface area contributed by atoms with Crippen molar-refractivity contribution in [3.8, 4) is 0 Å². The fraction of sp³-hybridized carbons (Fsp3) is 0.353. The fourth-order valence-corrected chi connectivity index (χ4v) is 2.11. The number of benzene rings is 1. The van der Waals surface area contributed by atoms with Crippen molar-refractivity contribution in [3.63, 3.8) is 0 Å². The Morgan fingerprint density at radius 1 is 1.26 bits per heavy atom. The zero-order valence-electron chi connectivity index (χ0n) is 12.6. The molecule has 0 saturated carbocycles. The predicted molar refractivity (Wildman–Crippen MR) is 84.3 cm³/mol. The van der Waals surface area contributed by atoms with Crippen LogP contribution in [0.5, 0.6) is 0 Å². The first-order valence-corrected chi connectivity index (χ1v) is 6.61. The Morgan fingerprint density at radius 2 is 1.89 bits per heavy atom. The smallest absolute Gasteiger partial charge is 0.163 e. The molecule has 1 rings (SSSR count). The molecule has 102 valence electrons. The maximum Gasteiger partial charge on any atom is 0.163 e. The molecule has 0 atom stereocenters. The van der Waals surface area contributed by atoms with Gasteiger partial charge in [0.2, 0.25) is 0 Å². The summed E-state index contributed by atoms with van der Waals surface area (Å²) in [5.74, 6) is 0.180. The van der Waals surface area contributed by atoms with Crippen LogP contribution in [0.1, 0.15) is 45.2 Å². The molecular formula is C17H23NO. The molecule has 0 aromatic heterocycles. The quantitative estimate of drug-likeness (QED) is 0.785. The number of ketones is 1. The van der Waals surface area contributed by atoms with E-state index in [1.54, 1.807) is 0 Å². The summed E-state index contributed by atoms with van der Waals surface area (Å²) in [6.07, 6.45) is 0.520. The maximum atomic E-state index is 12.1. The highest BCUT2D eigenvalue weighted by molar-refractivity contribution is 6.22. The third-order valence-electron chi connectivity index (χ3n) is 3.15. The van der Waals surface area contributed by atoms with Gasteiger partial charge in [0.05, 0.1) is 0 Å². The molecule has 0 bridgehead atoms. The molecule has 2 heteroatoms. The van der Waals surface area contributed by atoms with E-state index in [0.29, 0.717) is 6.42 Å². The molecule has 1 aromatic rings. The van der Waals surface area contributed by atoms with E-state index in [0.717, 1.165) is 33.5 Å². The Balaban J connectivity index is 3.45. The summed E-state index contributed by atoms with van der Waals surface area (Å²) in [6, 6.07) is 6.07. The van der Waals surface area contributed by atoms with Gasteiger partial charge >= 0.3 is 0 Å². The molecule has 19 heavy (non-hydrogen) atoms. The molecule has 2 nitrogen and oxygen atoms in total. The minimum atomic E-state index is 0.180. The minimum absolute atomic E-state index is 0.180. The van der Waals surface area contributed by atoms with Crippen molar-refractivity contribution < 1.29 is 4.79 Å². The summed E-state index contributed by atoms with van der Waals surface area (Å²) < 4.78 is 0. The highest BCUT2D eigenvalue weighted by atomic mass is 16.1. The topological polar surface area (TPSA) is 29.1 Å². The van der Waals surface area contributed by atoms with Crippen molar-refractivity contribution in [2.24, 2.45) is 0 Å². The lowest BCUT2D eigenvalue weighted by Gasteiger charge is -2.15. The predicted octanol–water partition coefficient (Wildman–Crippen LogP) is 4.53. The average Bonchev–Trinajstić information content (AvgIpc) is 2.38. The summed E-state index contributed by atoms with van der Waals surface area (Å²) in [4.78, 5) is 12.1. The van der Waals surface area contributed by atoms with Gasteiger partial charge in [0.25, 0.3) is 0 Å². The Hall–Kier alpha value is -1.83. The second kappa shape index (κ2) is 6.37. The fourth-order valence-electron chi connectivity index (χ4n) is 2.11. The Bertz CT molecular complexity index is 534. The van der Waals surface area contributed by atoms with Crippen molar-refractivity contribution in [2.75, 3.05) is 12.4 Å². The van der Waals surface area contributed by atoms with Gasteiger partial charge in [-0.05, 0) is 32.4 Å². The van der Waals surface area contributed by atoms with Crippen LogP contribution >= 0.6 is 0 Å². The Morgan fingerprint density at radius 3 is 2.32 bits per heavy atom. The molecule has 0 amide bonds. The molecule has 0 fully saturated rings. The van der Waals surface area contributed by atoms with Crippen LogP contribution in [-0.4, -0.2) is 12.8 Å². The van der Waals surface area contributed by atoms with E-state index in [9.17, 15) is 4.79 Å². The zero-order valence-corrected chi connectivity index (χ0v) is 12.6. The molecule has 1 aromatic carbocycles. The first-order valence-electron chi connectivity index (χ1n) is 6.61. The maximum absolute atomic E-state index is 12.1.